The molecule has 1 fully saturated rings. The topological polar surface area (TPSA) is 146 Å². The number of aromatic nitrogens is 1. The van der Waals surface area contributed by atoms with Gasteiger partial charge < -0.3 is 24.6 Å². The molecule has 0 saturated carbocycles. The van der Waals surface area contributed by atoms with Crippen LogP contribution in [0, 0.1) is 24.0 Å². The number of non-ortho nitro benzene ring substituents is 1. The van der Waals surface area contributed by atoms with Gasteiger partial charge in [0.15, 0.2) is 0 Å². The average Bonchev–Trinajstić information content (AvgIpc) is 3.24. The highest BCUT2D eigenvalue weighted by molar-refractivity contribution is 6.46. The SMILES string of the molecule is CCOC(=O)c1[nH]c(C)c(C(O)=C2C(=O)C(=O)N(CCN(C)C)[C@H]2c2cccc([N+](=O)[O-])c2)c1C. The van der Waals surface area contributed by atoms with Crippen LogP contribution in [-0.2, 0) is 14.3 Å². The Morgan fingerprint density at radius 3 is 2.57 bits per heavy atom. The first kappa shape index (κ1) is 25.6. The first-order valence-electron chi connectivity index (χ1n) is 11.0. The second-order valence-corrected chi connectivity index (χ2v) is 8.49. The van der Waals surface area contributed by atoms with E-state index in [2.05, 4.69) is 4.98 Å². The van der Waals surface area contributed by atoms with Crippen LogP contribution in [0.3, 0.4) is 0 Å². The molecule has 0 unspecified atom stereocenters. The van der Waals surface area contributed by atoms with E-state index in [1.165, 1.54) is 23.1 Å². The van der Waals surface area contributed by atoms with Crippen molar-refractivity contribution in [3.05, 3.63) is 68.0 Å². The van der Waals surface area contributed by atoms with Crippen LogP contribution in [0.4, 0.5) is 5.69 Å². The molecule has 3 rings (SSSR count). The third kappa shape index (κ3) is 4.80. The molecule has 1 amide bonds. The quantitative estimate of drug-likeness (QED) is 0.145. The summed E-state index contributed by atoms with van der Waals surface area (Å²) in [6.45, 7) is 5.61. The minimum atomic E-state index is -1.05. The number of H-pyrrole nitrogens is 1. The normalized spacial score (nSPS) is 17.3. The highest BCUT2D eigenvalue weighted by atomic mass is 16.6. The molecular weight excluding hydrogens is 456 g/mol. The molecule has 11 heteroatoms. The number of aliphatic hydroxyl groups excluding tert-OH is 1. The van der Waals surface area contributed by atoms with Gasteiger partial charge in [0.1, 0.15) is 11.5 Å². The van der Waals surface area contributed by atoms with Gasteiger partial charge in [-0.1, -0.05) is 12.1 Å². The van der Waals surface area contributed by atoms with Crippen molar-refractivity contribution in [3.63, 3.8) is 0 Å². The lowest BCUT2D eigenvalue weighted by molar-refractivity contribution is -0.384. The maximum Gasteiger partial charge on any atom is 0.355 e. The smallest absolute Gasteiger partial charge is 0.355 e. The molecule has 1 aromatic carbocycles. The molecule has 1 atom stereocenters. The number of carbonyl (C=O) groups is 3. The number of hydrogen-bond acceptors (Lipinski definition) is 8. The maximum atomic E-state index is 13.2. The molecule has 186 valence electrons. The number of Topliss-reactive ketones (excluding diaryl/α,β-unsaturated/α-hetero) is 1. The average molecular weight is 485 g/mol. The number of amides is 1. The van der Waals surface area contributed by atoms with Gasteiger partial charge in [0, 0.05) is 36.5 Å². The van der Waals surface area contributed by atoms with Crippen LogP contribution in [0.15, 0.2) is 29.8 Å². The van der Waals surface area contributed by atoms with Crippen LogP contribution in [0.25, 0.3) is 5.76 Å². The molecule has 0 radical (unpaired) electrons. The number of esters is 1. The van der Waals surface area contributed by atoms with E-state index < -0.39 is 34.4 Å². The number of aliphatic hydroxyl groups is 1. The fourth-order valence-electron chi connectivity index (χ4n) is 4.22. The zero-order chi connectivity index (χ0) is 26.0. The molecule has 1 saturated heterocycles. The van der Waals surface area contributed by atoms with Crippen LogP contribution in [-0.4, -0.2) is 76.3 Å². The standard InChI is InChI=1S/C24H28N4O7/c1-6-35-24(32)19-13(2)17(14(3)25-19)21(29)18-20(15-8-7-9-16(12-15)28(33)34)27(11-10-26(4)5)23(31)22(18)30/h7-9,12,20,25,29H,6,10-11H2,1-5H3/t20-/m0/s1. The monoisotopic (exact) mass is 484 g/mol. The van der Waals surface area contributed by atoms with Crippen LogP contribution < -0.4 is 0 Å². The van der Waals surface area contributed by atoms with Crippen molar-refractivity contribution in [2.75, 3.05) is 33.8 Å². The first-order chi connectivity index (χ1) is 16.5. The predicted molar refractivity (Wildman–Crippen MR) is 127 cm³/mol. The van der Waals surface area contributed by atoms with E-state index in [9.17, 15) is 29.6 Å². The van der Waals surface area contributed by atoms with Crippen LogP contribution in [0.5, 0.6) is 0 Å². The lowest BCUT2D eigenvalue weighted by Gasteiger charge is -2.26. The van der Waals surface area contributed by atoms with Crippen molar-refractivity contribution in [1.29, 1.82) is 0 Å². The Bertz CT molecular complexity index is 1230. The summed E-state index contributed by atoms with van der Waals surface area (Å²) in [6, 6.07) is 4.58. The summed E-state index contributed by atoms with van der Waals surface area (Å²) in [6.07, 6.45) is 0. The minimum absolute atomic E-state index is 0.125. The summed E-state index contributed by atoms with van der Waals surface area (Å²) >= 11 is 0. The second kappa shape index (κ2) is 10.1. The summed E-state index contributed by atoms with van der Waals surface area (Å²) < 4.78 is 5.05. The molecule has 35 heavy (non-hydrogen) atoms. The molecule has 2 N–H and O–H groups in total. The van der Waals surface area contributed by atoms with E-state index in [0.29, 0.717) is 23.4 Å². The second-order valence-electron chi connectivity index (χ2n) is 8.49. The van der Waals surface area contributed by atoms with Crippen molar-refractivity contribution in [1.82, 2.24) is 14.8 Å². The summed E-state index contributed by atoms with van der Waals surface area (Å²) in [4.78, 5) is 55.4. The van der Waals surface area contributed by atoms with E-state index in [-0.39, 0.29) is 35.7 Å². The van der Waals surface area contributed by atoms with Gasteiger partial charge >= 0.3 is 5.97 Å². The van der Waals surface area contributed by atoms with Crippen molar-refractivity contribution < 1.29 is 29.2 Å². The van der Waals surface area contributed by atoms with Gasteiger partial charge in [-0.05, 0) is 46.0 Å². The largest absolute Gasteiger partial charge is 0.507 e. The number of ketones is 1. The van der Waals surface area contributed by atoms with Crippen molar-refractivity contribution >= 4 is 29.1 Å². The Morgan fingerprint density at radius 2 is 1.97 bits per heavy atom. The fraction of sp³-hybridized carbons (Fsp3) is 0.375. The highest BCUT2D eigenvalue weighted by Crippen LogP contribution is 2.41. The molecule has 0 bridgehead atoms. The van der Waals surface area contributed by atoms with E-state index in [4.69, 9.17) is 4.74 Å². The number of nitro benzene ring substituents is 1. The van der Waals surface area contributed by atoms with Gasteiger partial charge in [-0.25, -0.2) is 4.79 Å². The summed E-state index contributed by atoms with van der Waals surface area (Å²) in [5.41, 5.74) is 0.995. The number of nitrogens with zero attached hydrogens (tertiary/aromatic N) is 3. The summed E-state index contributed by atoms with van der Waals surface area (Å²) in [7, 11) is 3.62. The summed E-state index contributed by atoms with van der Waals surface area (Å²) in [5, 5.41) is 22.7. The number of carbonyl (C=O) groups excluding carboxylic acids is 3. The minimum Gasteiger partial charge on any atom is -0.507 e. The zero-order valence-electron chi connectivity index (χ0n) is 20.2. The van der Waals surface area contributed by atoms with Gasteiger partial charge in [0.05, 0.1) is 23.1 Å². The zero-order valence-corrected chi connectivity index (χ0v) is 20.2. The lowest BCUT2D eigenvalue weighted by atomic mass is 9.93. The number of likely N-dealkylation sites (tertiary alicyclic amines) is 1. The number of nitro groups is 1. The number of likely N-dealkylation sites (N-methyl/N-ethyl adjacent to an activating group) is 1. The number of aromatic amines is 1. The van der Waals surface area contributed by atoms with Gasteiger partial charge in [0.25, 0.3) is 17.4 Å². The first-order valence-corrected chi connectivity index (χ1v) is 11.0. The molecule has 0 aliphatic carbocycles. The fourth-order valence-corrected chi connectivity index (χ4v) is 4.22. The number of rotatable bonds is 8. The molecule has 1 aliphatic rings. The van der Waals surface area contributed by atoms with E-state index in [0.717, 1.165) is 0 Å². The number of hydrogen-bond donors (Lipinski definition) is 2. The van der Waals surface area contributed by atoms with Gasteiger partial charge in [-0.15, -0.1) is 0 Å². The Morgan fingerprint density at radius 1 is 1.29 bits per heavy atom. The van der Waals surface area contributed by atoms with Crippen LogP contribution in [0.2, 0.25) is 0 Å². The van der Waals surface area contributed by atoms with E-state index in [1.54, 1.807) is 26.8 Å². The molecule has 11 nitrogen and oxygen atoms in total. The van der Waals surface area contributed by atoms with Gasteiger partial charge in [0.2, 0.25) is 0 Å². The third-order valence-corrected chi connectivity index (χ3v) is 5.88. The molecule has 1 aromatic heterocycles. The number of nitrogens with one attached hydrogen (secondary N) is 1. The van der Waals surface area contributed by atoms with Gasteiger partial charge in [-0.2, -0.15) is 0 Å². The number of aryl methyl sites for hydroxylation is 1. The number of ether oxygens (including phenoxy) is 1. The molecule has 1 aliphatic heterocycles. The van der Waals surface area contributed by atoms with E-state index in [1.807, 2.05) is 19.0 Å². The lowest BCUT2D eigenvalue weighted by Crippen LogP contribution is -2.35. The van der Waals surface area contributed by atoms with Crippen molar-refractivity contribution in [2.24, 2.45) is 0 Å². The Hall–Kier alpha value is -3.99. The van der Waals surface area contributed by atoms with Crippen molar-refractivity contribution in [3.8, 4) is 0 Å². The van der Waals surface area contributed by atoms with Crippen LogP contribution >= 0.6 is 0 Å². The maximum absolute atomic E-state index is 13.2. The van der Waals surface area contributed by atoms with E-state index >= 15 is 0 Å². The third-order valence-electron chi connectivity index (χ3n) is 5.88. The molecular formula is C24H28N4O7. The van der Waals surface area contributed by atoms with Crippen LogP contribution in [0.1, 0.15) is 45.8 Å². The Labute approximate surface area is 202 Å². The Kier molecular flexibility index (Phi) is 7.39. The highest BCUT2D eigenvalue weighted by Gasteiger charge is 2.46. The molecule has 2 heterocycles. The Balaban J connectivity index is 2.24. The van der Waals surface area contributed by atoms with Gasteiger partial charge in [-0.3, -0.25) is 19.7 Å². The summed E-state index contributed by atoms with van der Waals surface area (Å²) in [5.74, 6) is -2.81. The van der Waals surface area contributed by atoms with Crippen molar-refractivity contribution in [2.45, 2.75) is 26.8 Å². The number of benzene rings is 1. The predicted octanol–water partition coefficient (Wildman–Crippen LogP) is 2.70. The molecule has 0 spiro atoms. The molecule has 2 aromatic rings.